The fourth-order valence-electron chi connectivity index (χ4n) is 2.80. The summed E-state index contributed by atoms with van der Waals surface area (Å²) in [6.07, 6.45) is 3.39. The first-order chi connectivity index (χ1) is 12.0. The van der Waals surface area contributed by atoms with Crippen molar-refractivity contribution in [1.29, 1.82) is 0 Å². The van der Waals surface area contributed by atoms with Crippen molar-refractivity contribution in [2.75, 3.05) is 0 Å². The summed E-state index contributed by atoms with van der Waals surface area (Å²) in [4.78, 5) is 4.28. The fourth-order valence-corrected chi connectivity index (χ4v) is 2.94. The van der Waals surface area contributed by atoms with Crippen LogP contribution in [0.15, 0.2) is 42.7 Å². The fraction of sp³-hybridized carbons (Fsp3) is 0.278. The number of hydrogen-bond donors (Lipinski definition) is 1. The minimum absolute atomic E-state index is 0.343. The second-order valence-electron chi connectivity index (χ2n) is 5.68. The molecule has 3 heterocycles. The van der Waals surface area contributed by atoms with Crippen molar-refractivity contribution in [2.24, 2.45) is 7.05 Å². The van der Waals surface area contributed by atoms with Gasteiger partial charge in [0.1, 0.15) is 10.8 Å². The number of benzene rings is 1. The van der Waals surface area contributed by atoms with E-state index in [0.29, 0.717) is 16.5 Å². The first-order valence-corrected chi connectivity index (χ1v) is 8.50. The molecule has 0 aliphatic carbocycles. The normalized spacial score (nSPS) is 13.5. The molecule has 7 heteroatoms. The molecule has 0 fully saturated rings. The van der Waals surface area contributed by atoms with Crippen LogP contribution in [0.2, 0.25) is 5.15 Å². The van der Waals surface area contributed by atoms with Crippen LogP contribution >= 0.6 is 11.6 Å². The summed E-state index contributed by atoms with van der Waals surface area (Å²) < 4.78 is 3.36. The van der Waals surface area contributed by atoms with Crippen molar-refractivity contribution in [2.45, 2.75) is 26.4 Å². The van der Waals surface area contributed by atoms with Gasteiger partial charge in [0.2, 0.25) is 0 Å². The lowest BCUT2D eigenvalue weighted by molar-refractivity contribution is 0.0954. The predicted molar refractivity (Wildman–Crippen MR) is 98.7 cm³/mol. The van der Waals surface area contributed by atoms with Gasteiger partial charge in [0, 0.05) is 12.4 Å². The van der Waals surface area contributed by atoms with Gasteiger partial charge in [-0.05, 0) is 36.8 Å². The maximum Gasteiger partial charge on any atom is 0.154 e. The molecule has 1 aromatic carbocycles. The van der Waals surface area contributed by atoms with E-state index >= 15 is 0 Å². The van der Waals surface area contributed by atoms with E-state index in [9.17, 15) is 5.11 Å². The van der Waals surface area contributed by atoms with Crippen LogP contribution in [0.25, 0.3) is 16.6 Å². The zero-order chi connectivity index (χ0) is 18.2. The van der Waals surface area contributed by atoms with E-state index in [1.807, 2.05) is 39.1 Å². The van der Waals surface area contributed by atoms with E-state index in [2.05, 4.69) is 15.2 Å². The molecule has 25 heavy (non-hydrogen) atoms. The van der Waals surface area contributed by atoms with E-state index in [0.717, 1.165) is 16.5 Å². The maximum atomic E-state index is 11.1. The Morgan fingerprint density at radius 3 is 2.64 bits per heavy atom. The van der Waals surface area contributed by atoms with Crippen LogP contribution in [0.3, 0.4) is 0 Å². The first-order valence-electron chi connectivity index (χ1n) is 8.12. The number of rotatable bonds is 2. The van der Waals surface area contributed by atoms with Crippen LogP contribution in [0.5, 0.6) is 0 Å². The largest absolute Gasteiger partial charge is 0.379 e. The molecule has 0 amide bonds. The van der Waals surface area contributed by atoms with E-state index in [4.69, 9.17) is 11.6 Å². The third-order valence-corrected chi connectivity index (χ3v) is 4.34. The first kappa shape index (κ1) is 17.4. The van der Waals surface area contributed by atoms with Gasteiger partial charge in [-0.25, -0.2) is 9.50 Å². The molecule has 130 valence electrons. The van der Waals surface area contributed by atoms with Gasteiger partial charge >= 0.3 is 0 Å². The predicted octanol–water partition coefficient (Wildman–Crippen LogP) is 3.55. The van der Waals surface area contributed by atoms with Gasteiger partial charge in [0.15, 0.2) is 5.65 Å². The van der Waals surface area contributed by atoms with Crippen molar-refractivity contribution in [3.8, 4) is 0 Å². The number of fused-ring (bicyclic) bond motifs is 2. The smallest absolute Gasteiger partial charge is 0.154 e. The molecule has 6 nitrogen and oxygen atoms in total. The standard InChI is InChI=1S/C16H14ClN5O.C2H6/c1-16(23,11-3-4-12-10(7-11)8-19-21(12)2)13-9-18-15-6-5-14(17)20-22(13)15;1-2/h3-9,23H,1-2H3;1-2H3. The molecule has 4 aromatic rings. The molecule has 3 aromatic heterocycles. The molecule has 1 N–H and O–H groups in total. The molecule has 1 unspecified atom stereocenters. The number of aryl methyl sites for hydroxylation is 1. The van der Waals surface area contributed by atoms with Crippen LogP contribution in [-0.4, -0.2) is 29.5 Å². The summed E-state index contributed by atoms with van der Waals surface area (Å²) in [5.74, 6) is 0. The Labute approximate surface area is 150 Å². The van der Waals surface area contributed by atoms with Crippen molar-refractivity contribution in [3.63, 3.8) is 0 Å². The number of aromatic nitrogens is 5. The molecule has 0 radical (unpaired) electrons. The molecule has 0 aliphatic rings. The van der Waals surface area contributed by atoms with Gasteiger partial charge < -0.3 is 5.11 Å². The number of halogens is 1. The maximum absolute atomic E-state index is 11.1. The molecule has 0 saturated carbocycles. The molecular formula is C18H20ClN5O. The van der Waals surface area contributed by atoms with Gasteiger partial charge in [0.05, 0.1) is 23.6 Å². The van der Waals surface area contributed by atoms with Crippen molar-refractivity contribution >= 4 is 28.2 Å². The highest BCUT2D eigenvalue weighted by Crippen LogP contribution is 2.31. The zero-order valence-electron chi connectivity index (χ0n) is 14.6. The Hall–Kier alpha value is -2.44. The van der Waals surface area contributed by atoms with Crippen molar-refractivity contribution in [1.82, 2.24) is 24.4 Å². The van der Waals surface area contributed by atoms with Crippen LogP contribution in [-0.2, 0) is 12.6 Å². The summed E-state index contributed by atoms with van der Waals surface area (Å²) in [5, 5.41) is 20.9. The highest BCUT2D eigenvalue weighted by Gasteiger charge is 2.30. The van der Waals surface area contributed by atoms with Crippen LogP contribution in [0, 0.1) is 0 Å². The van der Waals surface area contributed by atoms with Crippen LogP contribution in [0.1, 0.15) is 32.0 Å². The summed E-state index contributed by atoms with van der Waals surface area (Å²) in [6.45, 7) is 5.72. The third-order valence-electron chi connectivity index (χ3n) is 4.14. The Balaban J connectivity index is 0.000000880. The van der Waals surface area contributed by atoms with E-state index in [1.165, 1.54) is 0 Å². The van der Waals surface area contributed by atoms with E-state index < -0.39 is 5.60 Å². The summed E-state index contributed by atoms with van der Waals surface area (Å²) in [5.41, 5.74) is 1.66. The average Bonchev–Trinajstić information content (AvgIpc) is 3.20. The number of hydrogen-bond acceptors (Lipinski definition) is 4. The molecule has 0 saturated heterocycles. The van der Waals surface area contributed by atoms with Crippen LogP contribution in [0.4, 0.5) is 0 Å². The quantitative estimate of drug-likeness (QED) is 0.595. The average molecular weight is 358 g/mol. The highest BCUT2D eigenvalue weighted by atomic mass is 35.5. The summed E-state index contributed by atoms with van der Waals surface area (Å²) in [6, 6.07) is 9.18. The molecule has 4 rings (SSSR count). The molecule has 0 bridgehead atoms. The molecule has 0 aliphatic heterocycles. The number of imidazole rings is 1. The van der Waals surface area contributed by atoms with Crippen molar-refractivity contribution in [3.05, 3.63) is 59.1 Å². The Morgan fingerprint density at radius 2 is 1.88 bits per heavy atom. The summed E-state index contributed by atoms with van der Waals surface area (Å²) >= 11 is 5.97. The van der Waals surface area contributed by atoms with E-state index in [-0.39, 0.29) is 0 Å². The third kappa shape index (κ3) is 2.88. The topological polar surface area (TPSA) is 68.2 Å². The lowest BCUT2D eigenvalue weighted by Gasteiger charge is -2.23. The Kier molecular flexibility index (Phi) is 4.49. The Bertz CT molecular complexity index is 1030. The number of nitrogens with zero attached hydrogens (tertiary/aromatic N) is 5. The van der Waals surface area contributed by atoms with Gasteiger partial charge in [-0.15, -0.1) is 0 Å². The second kappa shape index (κ2) is 6.46. The van der Waals surface area contributed by atoms with Crippen LogP contribution < -0.4 is 0 Å². The molecular weight excluding hydrogens is 338 g/mol. The Morgan fingerprint density at radius 1 is 1.12 bits per heavy atom. The minimum atomic E-state index is -1.26. The molecule has 0 spiro atoms. The second-order valence-corrected chi connectivity index (χ2v) is 6.07. The van der Waals surface area contributed by atoms with Crippen molar-refractivity contribution < 1.29 is 5.11 Å². The molecule has 1 atom stereocenters. The monoisotopic (exact) mass is 357 g/mol. The van der Waals surface area contributed by atoms with Gasteiger partial charge in [-0.3, -0.25) is 4.68 Å². The minimum Gasteiger partial charge on any atom is -0.379 e. The van der Waals surface area contributed by atoms with Gasteiger partial charge in [-0.2, -0.15) is 10.2 Å². The zero-order valence-corrected chi connectivity index (χ0v) is 15.4. The lowest BCUT2D eigenvalue weighted by Crippen LogP contribution is -2.25. The highest BCUT2D eigenvalue weighted by molar-refractivity contribution is 6.29. The summed E-state index contributed by atoms with van der Waals surface area (Å²) in [7, 11) is 1.89. The number of aliphatic hydroxyl groups is 1. The van der Waals surface area contributed by atoms with Gasteiger partial charge in [-0.1, -0.05) is 31.5 Å². The lowest BCUT2D eigenvalue weighted by atomic mass is 9.92. The van der Waals surface area contributed by atoms with E-state index in [1.54, 1.807) is 40.6 Å². The SMILES string of the molecule is CC.Cn1ncc2cc(C(C)(O)c3cnc4ccc(Cl)nn34)ccc21. The van der Waals surface area contributed by atoms with Gasteiger partial charge in [0.25, 0.3) is 0 Å².